The largest absolute Gasteiger partial charge is 0.506 e. The molecule has 4 rings (SSSR count). The number of halogens is 4. The molecule has 4 aromatic carbocycles. The standard InChI is InChI=1S/C31H26Cl2I2O5/c1-17(23-11-13-25(27(32)30(23)37)39-15-19-3-7-21(34)8-4-19)29(36)18(2)24-12-14-26(28(33)31(24)38)40-16-20-5-9-22(35)10-6-20/h3-14,17-18,37-38H,15-16H2,1-2H3. The first-order valence-electron chi connectivity index (χ1n) is 12.4. The molecule has 9 heteroatoms. The maximum atomic E-state index is 13.4. The molecule has 5 nitrogen and oxygen atoms in total. The van der Waals surface area contributed by atoms with E-state index in [2.05, 4.69) is 45.2 Å². The van der Waals surface area contributed by atoms with Crippen molar-refractivity contribution in [1.29, 1.82) is 0 Å². The Morgan fingerprint density at radius 3 is 1.38 bits per heavy atom. The molecule has 4 aromatic rings. The second-order valence-electron chi connectivity index (χ2n) is 9.31. The third kappa shape index (κ3) is 7.16. The Balaban J connectivity index is 1.46. The first-order valence-corrected chi connectivity index (χ1v) is 15.3. The molecule has 0 heterocycles. The number of phenolic OH excluding ortho intramolecular Hbond substituents is 2. The topological polar surface area (TPSA) is 76.0 Å². The number of Topliss-reactive ketones (excluding diaryl/α,β-unsaturated/α-hetero) is 1. The zero-order valence-corrected chi connectivity index (χ0v) is 27.5. The predicted molar refractivity (Wildman–Crippen MR) is 175 cm³/mol. The number of carbonyl (C=O) groups excluding carboxylic acids is 1. The van der Waals surface area contributed by atoms with E-state index in [0.717, 1.165) is 18.3 Å². The third-order valence-corrected chi connectivity index (χ3v) is 8.79. The van der Waals surface area contributed by atoms with E-state index < -0.39 is 11.8 Å². The summed E-state index contributed by atoms with van der Waals surface area (Å²) in [6.45, 7) is 3.94. The molecule has 2 atom stereocenters. The number of benzene rings is 4. The molecule has 0 aliphatic carbocycles. The molecule has 0 bridgehead atoms. The van der Waals surface area contributed by atoms with Crippen LogP contribution in [0.15, 0.2) is 72.8 Å². The molecule has 2 unspecified atom stereocenters. The van der Waals surface area contributed by atoms with E-state index in [9.17, 15) is 15.0 Å². The fraction of sp³-hybridized carbons (Fsp3) is 0.194. The van der Waals surface area contributed by atoms with Crippen molar-refractivity contribution < 1.29 is 24.5 Å². The Morgan fingerprint density at radius 1 is 0.675 bits per heavy atom. The van der Waals surface area contributed by atoms with Crippen LogP contribution in [0.1, 0.15) is 47.9 Å². The molecule has 208 valence electrons. The van der Waals surface area contributed by atoms with Crippen LogP contribution in [0.2, 0.25) is 10.0 Å². The first kappa shape index (κ1) is 30.7. The molecule has 0 fully saturated rings. The van der Waals surface area contributed by atoms with Crippen molar-refractivity contribution in [2.24, 2.45) is 0 Å². The second-order valence-corrected chi connectivity index (χ2v) is 12.6. The van der Waals surface area contributed by atoms with Gasteiger partial charge in [-0.15, -0.1) is 0 Å². The zero-order chi connectivity index (χ0) is 29.0. The van der Waals surface area contributed by atoms with Gasteiger partial charge < -0.3 is 19.7 Å². The fourth-order valence-electron chi connectivity index (χ4n) is 4.21. The molecule has 0 aliphatic rings. The van der Waals surface area contributed by atoms with E-state index in [0.29, 0.717) is 22.6 Å². The molecule has 0 spiro atoms. The number of carbonyl (C=O) groups is 1. The molecule has 0 aromatic heterocycles. The van der Waals surface area contributed by atoms with Crippen molar-refractivity contribution >= 4 is 74.2 Å². The monoisotopic (exact) mass is 802 g/mol. The van der Waals surface area contributed by atoms with Gasteiger partial charge in [-0.25, -0.2) is 0 Å². The van der Waals surface area contributed by atoms with Crippen LogP contribution >= 0.6 is 68.4 Å². The molecule has 0 saturated heterocycles. The number of ether oxygens (including phenoxy) is 2. The number of hydrogen-bond acceptors (Lipinski definition) is 5. The van der Waals surface area contributed by atoms with Crippen molar-refractivity contribution in [1.82, 2.24) is 0 Å². The number of rotatable bonds is 10. The number of phenols is 2. The smallest absolute Gasteiger partial charge is 0.147 e. The van der Waals surface area contributed by atoms with Crippen molar-refractivity contribution in [3.63, 3.8) is 0 Å². The van der Waals surface area contributed by atoms with Gasteiger partial charge in [0.15, 0.2) is 0 Å². The van der Waals surface area contributed by atoms with E-state index in [1.54, 1.807) is 38.1 Å². The third-order valence-electron chi connectivity index (χ3n) is 6.63. The minimum absolute atomic E-state index is 0.0378. The fourth-order valence-corrected chi connectivity index (χ4v) is 5.38. The molecule has 2 N–H and O–H groups in total. The Bertz CT molecular complexity index is 1400. The highest BCUT2D eigenvalue weighted by Gasteiger charge is 2.29. The number of hydrogen-bond donors (Lipinski definition) is 2. The molecule has 40 heavy (non-hydrogen) atoms. The quantitative estimate of drug-likeness (QED) is 0.157. The highest BCUT2D eigenvalue weighted by atomic mass is 127. The molecular weight excluding hydrogens is 777 g/mol. The van der Waals surface area contributed by atoms with Crippen LogP contribution in [-0.4, -0.2) is 16.0 Å². The van der Waals surface area contributed by atoms with Crippen LogP contribution < -0.4 is 9.47 Å². The summed E-state index contributed by atoms with van der Waals surface area (Å²) in [5, 5.41) is 21.7. The minimum atomic E-state index is -0.715. The summed E-state index contributed by atoms with van der Waals surface area (Å²) < 4.78 is 13.9. The lowest BCUT2D eigenvalue weighted by Gasteiger charge is -2.21. The Morgan fingerprint density at radius 2 is 1.02 bits per heavy atom. The van der Waals surface area contributed by atoms with Gasteiger partial charge in [0.25, 0.3) is 0 Å². The van der Waals surface area contributed by atoms with Crippen molar-refractivity contribution in [3.8, 4) is 23.0 Å². The Hall–Kier alpha value is -2.21. The van der Waals surface area contributed by atoms with Gasteiger partial charge in [-0.2, -0.15) is 0 Å². The summed E-state index contributed by atoms with van der Waals surface area (Å²) in [7, 11) is 0. The van der Waals surface area contributed by atoms with Gasteiger partial charge in [-0.1, -0.05) is 73.4 Å². The second kappa shape index (κ2) is 13.6. The van der Waals surface area contributed by atoms with Crippen LogP contribution in [0.5, 0.6) is 23.0 Å². The van der Waals surface area contributed by atoms with E-state index in [1.807, 2.05) is 48.5 Å². The molecule has 0 amide bonds. The van der Waals surface area contributed by atoms with Crippen molar-refractivity contribution in [3.05, 3.63) is 112 Å². The van der Waals surface area contributed by atoms with Gasteiger partial charge in [-0.05, 0) is 92.7 Å². The van der Waals surface area contributed by atoms with Gasteiger partial charge >= 0.3 is 0 Å². The lowest BCUT2D eigenvalue weighted by molar-refractivity contribution is -0.121. The van der Waals surface area contributed by atoms with Crippen LogP contribution in [0.25, 0.3) is 0 Å². The van der Waals surface area contributed by atoms with E-state index in [1.165, 1.54) is 0 Å². The Labute approximate surface area is 270 Å². The SMILES string of the molecule is CC(C(=O)C(C)c1ccc(OCc2ccc(I)cc2)c(Cl)c1O)c1ccc(OCc2ccc(I)cc2)c(Cl)c1O. The lowest BCUT2D eigenvalue weighted by Crippen LogP contribution is -2.17. The maximum Gasteiger partial charge on any atom is 0.147 e. The maximum absolute atomic E-state index is 13.4. The van der Waals surface area contributed by atoms with Gasteiger partial charge in [-0.3, -0.25) is 4.79 Å². The number of aromatic hydroxyl groups is 2. The van der Waals surface area contributed by atoms with Crippen LogP contribution in [0.3, 0.4) is 0 Å². The van der Waals surface area contributed by atoms with E-state index in [-0.39, 0.29) is 40.5 Å². The highest BCUT2D eigenvalue weighted by molar-refractivity contribution is 14.1. The summed E-state index contributed by atoms with van der Waals surface area (Å²) in [6.07, 6.45) is 0. The molecule has 0 radical (unpaired) electrons. The summed E-state index contributed by atoms with van der Waals surface area (Å²) >= 11 is 17.3. The summed E-state index contributed by atoms with van der Waals surface area (Å²) in [5.74, 6) is -1.44. The summed E-state index contributed by atoms with van der Waals surface area (Å²) in [6, 6.07) is 22.3. The Kier molecular flexibility index (Phi) is 10.5. The van der Waals surface area contributed by atoms with E-state index >= 15 is 0 Å². The summed E-state index contributed by atoms with van der Waals surface area (Å²) in [5.41, 5.74) is 2.65. The number of ketones is 1. The minimum Gasteiger partial charge on any atom is -0.506 e. The van der Waals surface area contributed by atoms with Crippen LogP contribution in [0, 0.1) is 7.14 Å². The van der Waals surface area contributed by atoms with Crippen molar-refractivity contribution in [2.75, 3.05) is 0 Å². The molecule has 0 saturated carbocycles. The predicted octanol–water partition coefficient (Wildman–Crippen LogP) is 9.25. The average Bonchev–Trinajstić information content (AvgIpc) is 2.95. The summed E-state index contributed by atoms with van der Waals surface area (Å²) in [4.78, 5) is 13.4. The van der Waals surface area contributed by atoms with Gasteiger partial charge in [0.1, 0.15) is 52.0 Å². The normalized spacial score (nSPS) is 12.6. The molecule has 0 aliphatic heterocycles. The highest BCUT2D eigenvalue weighted by Crippen LogP contribution is 2.44. The van der Waals surface area contributed by atoms with Gasteiger partial charge in [0.2, 0.25) is 0 Å². The van der Waals surface area contributed by atoms with Crippen LogP contribution in [0.4, 0.5) is 0 Å². The molecular formula is C31H26Cl2I2O5. The van der Waals surface area contributed by atoms with Gasteiger partial charge in [0, 0.05) is 30.1 Å². The van der Waals surface area contributed by atoms with E-state index in [4.69, 9.17) is 32.7 Å². The zero-order valence-electron chi connectivity index (χ0n) is 21.6. The van der Waals surface area contributed by atoms with Crippen molar-refractivity contribution in [2.45, 2.75) is 38.9 Å². The average molecular weight is 803 g/mol. The van der Waals surface area contributed by atoms with Gasteiger partial charge in [0.05, 0.1) is 0 Å². The first-order chi connectivity index (χ1) is 19.1. The lowest BCUT2D eigenvalue weighted by atomic mass is 9.85. The van der Waals surface area contributed by atoms with Crippen LogP contribution in [-0.2, 0) is 18.0 Å².